The van der Waals surface area contributed by atoms with E-state index in [-0.39, 0.29) is 11.9 Å². The number of carbonyl (C=O) groups excluding carboxylic acids is 1. The Morgan fingerprint density at radius 1 is 0.920 bits per heavy atom. The van der Waals surface area contributed by atoms with Crippen LogP contribution in [0.2, 0.25) is 0 Å². The molecule has 1 N–H and O–H groups in total. The van der Waals surface area contributed by atoms with Crippen molar-refractivity contribution in [3.05, 3.63) is 54.1 Å². The second kappa shape index (κ2) is 8.97. The van der Waals surface area contributed by atoms with Crippen molar-refractivity contribution >= 4 is 5.91 Å². The molecule has 0 aliphatic rings. The average Bonchev–Trinajstić information content (AvgIpc) is 2.66. The molecule has 134 valence electrons. The number of rotatable bonds is 8. The summed E-state index contributed by atoms with van der Waals surface area (Å²) in [5.41, 5.74) is 1.04. The summed E-state index contributed by atoms with van der Waals surface area (Å²) in [7, 11) is 3.24. The summed E-state index contributed by atoms with van der Waals surface area (Å²) in [5.74, 6) is 2.01. The van der Waals surface area contributed by atoms with Crippen molar-refractivity contribution in [2.24, 2.45) is 0 Å². The van der Waals surface area contributed by atoms with E-state index >= 15 is 0 Å². The first-order valence-corrected chi connectivity index (χ1v) is 8.32. The number of methoxy groups -OCH3 is 2. The third-order valence-electron chi connectivity index (χ3n) is 3.98. The molecule has 0 heterocycles. The van der Waals surface area contributed by atoms with Gasteiger partial charge in [-0.05, 0) is 55.3 Å². The number of hydrogen-bond donors (Lipinski definition) is 1. The molecule has 0 bridgehead atoms. The van der Waals surface area contributed by atoms with Crippen molar-refractivity contribution in [1.29, 1.82) is 0 Å². The summed E-state index contributed by atoms with van der Waals surface area (Å²) in [4.78, 5) is 12.5. The fraction of sp³-hybridized carbons (Fsp3) is 0.350. The molecule has 2 aromatic carbocycles. The van der Waals surface area contributed by atoms with Crippen LogP contribution < -0.4 is 19.5 Å². The van der Waals surface area contributed by atoms with E-state index in [4.69, 9.17) is 14.2 Å². The largest absolute Gasteiger partial charge is 0.497 e. The van der Waals surface area contributed by atoms with Gasteiger partial charge in [0.15, 0.2) is 6.10 Å². The number of ether oxygens (including phenoxy) is 3. The molecule has 25 heavy (non-hydrogen) atoms. The molecular formula is C20H25NO4. The maximum Gasteiger partial charge on any atom is 0.261 e. The zero-order valence-corrected chi connectivity index (χ0v) is 15.1. The Hall–Kier alpha value is -2.69. The lowest BCUT2D eigenvalue weighted by molar-refractivity contribution is -0.128. The molecule has 0 saturated heterocycles. The van der Waals surface area contributed by atoms with Crippen molar-refractivity contribution in [3.8, 4) is 17.2 Å². The van der Waals surface area contributed by atoms with Gasteiger partial charge >= 0.3 is 0 Å². The van der Waals surface area contributed by atoms with Crippen LogP contribution >= 0.6 is 0 Å². The molecule has 0 saturated carbocycles. The minimum Gasteiger partial charge on any atom is -0.497 e. The summed E-state index contributed by atoms with van der Waals surface area (Å²) in [6.07, 6.45) is 0.188. The lowest BCUT2D eigenvalue weighted by Crippen LogP contribution is -2.38. The van der Waals surface area contributed by atoms with Gasteiger partial charge in [-0.25, -0.2) is 0 Å². The molecule has 2 rings (SSSR count). The fourth-order valence-corrected chi connectivity index (χ4v) is 2.46. The normalized spacial score (nSPS) is 12.8. The number of amides is 1. The molecule has 0 aliphatic carbocycles. The summed E-state index contributed by atoms with van der Waals surface area (Å²) in [6.45, 7) is 3.77. The van der Waals surface area contributed by atoms with E-state index in [1.54, 1.807) is 45.4 Å². The van der Waals surface area contributed by atoms with Crippen molar-refractivity contribution in [3.63, 3.8) is 0 Å². The molecule has 5 nitrogen and oxygen atoms in total. The maximum atomic E-state index is 12.5. The number of hydrogen-bond acceptors (Lipinski definition) is 4. The third kappa shape index (κ3) is 5.14. The van der Waals surface area contributed by atoms with Gasteiger partial charge in [0.2, 0.25) is 0 Å². The molecule has 0 spiro atoms. The van der Waals surface area contributed by atoms with Crippen molar-refractivity contribution < 1.29 is 19.0 Å². The van der Waals surface area contributed by atoms with Gasteiger partial charge in [0.25, 0.3) is 5.91 Å². The second-order valence-electron chi connectivity index (χ2n) is 5.68. The van der Waals surface area contributed by atoms with Crippen LogP contribution in [0.3, 0.4) is 0 Å². The van der Waals surface area contributed by atoms with Crippen LogP contribution in [0.5, 0.6) is 17.2 Å². The molecule has 0 fully saturated rings. The first kappa shape index (κ1) is 18.6. The SMILES string of the molecule is CC[C@@H](NC(=O)[C@H](C)Oc1ccc(OC)cc1)c1ccc(OC)cc1. The van der Waals surface area contributed by atoms with Gasteiger partial charge in [0, 0.05) is 0 Å². The van der Waals surface area contributed by atoms with Gasteiger partial charge in [0.1, 0.15) is 17.2 Å². The average molecular weight is 343 g/mol. The van der Waals surface area contributed by atoms with Crippen LogP contribution in [0.15, 0.2) is 48.5 Å². The second-order valence-corrected chi connectivity index (χ2v) is 5.68. The fourth-order valence-electron chi connectivity index (χ4n) is 2.46. The molecule has 0 unspecified atom stereocenters. The lowest BCUT2D eigenvalue weighted by Gasteiger charge is -2.21. The lowest BCUT2D eigenvalue weighted by atomic mass is 10.0. The molecule has 5 heteroatoms. The standard InChI is InChI=1S/C20H25NO4/c1-5-19(15-6-8-16(23-3)9-7-15)21-20(22)14(2)25-18-12-10-17(24-4)11-13-18/h6-14,19H,5H2,1-4H3,(H,21,22)/t14-,19+/m0/s1. The Labute approximate surface area is 148 Å². The third-order valence-corrected chi connectivity index (χ3v) is 3.98. The molecule has 2 aromatic rings. The maximum absolute atomic E-state index is 12.5. The number of benzene rings is 2. The molecule has 0 aliphatic heterocycles. The smallest absolute Gasteiger partial charge is 0.261 e. The number of carbonyl (C=O) groups is 1. The molecular weight excluding hydrogens is 318 g/mol. The molecule has 1 amide bonds. The van der Waals surface area contributed by atoms with Gasteiger partial charge < -0.3 is 19.5 Å². The van der Waals surface area contributed by atoms with E-state index in [9.17, 15) is 4.79 Å². The monoisotopic (exact) mass is 343 g/mol. The zero-order chi connectivity index (χ0) is 18.2. The van der Waals surface area contributed by atoms with Crippen LogP contribution in [0.4, 0.5) is 0 Å². The van der Waals surface area contributed by atoms with Crippen LogP contribution in [0.25, 0.3) is 0 Å². The van der Waals surface area contributed by atoms with E-state index in [0.29, 0.717) is 5.75 Å². The zero-order valence-electron chi connectivity index (χ0n) is 15.1. The van der Waals surface area contributed by atoms with Gasteiger partial charge in [-0.3, -0.25) is 4.79 Å². The van der Waals surface area contributed by atoms with Crippen molar-refractivity contribution in [2.45, 2.75) is 32.4 Å². The Morgan fingerprint density at radius 2 is 1.40 bits per heavy atom. The highest BCUT2D eigenvalue weighted by atomic mass is 16.5. The Kier molecular flexibility index (Phi) is 6.69. The van der Waals surface area contributed by atoms with Gasteiger partial charge in [-0.1, -0.05) is 19.1 Å². The minimum absolute atomic E-state index is 0.0691. The summed E-state index contributed by atoms with van der Waals surface area (Å²) in [6, 6.07) is 14.8. The van der Waals surface area contributed by atoms with Crippen LogP contribution in [0, 0.1) is 0 Å². The Morgan fingerprint density at radius 3 is 1.88 bits per heavy atom. The van der Waals surface area contributed by atoms with E-state index < -0.39 is 6.10 Å². The van der Waals surface area contributed by atoms with E-state index in [1.807, 2.05) is 31.2 Å². The van der Waals surface area contributed by atoms with Gasteiger partial charge in [0.05, 0.1) is 20.3 Å². The predicted octanol–water partition coefficient (Wildman–Crippen LogP) is 3.74. The Bertz CT molecular complexity index is 667. The highest BCUT2D eigenvalue weighted by Crippen LogP contribution is 2.21. The summed E-state index contributed by atoms with van der Waals surface area (Å²) < 4.78 is 16.0. The van der Waals surface area contributed by atoms with E-state index in [2.05, 4.69) is 5.32 Å². The molecule has 0 aromatic heterocycles. The summed E-state index contributed by atoms with van der Waals surface area (Å²) >= 11 is 0. The first-order valence-electron chi connectivity index (χ1n) is 8.32. The first-order chi connectivity index (χ1) is 12.1. The highest BCUT2D eigenvalue weighted by molar-refractivity contribution is 5.81. The van der Waals surface area contributed by atoms with Crippen LogP contribution in [0.1, 0.15) is 31.9 Å². The predicted molar refractivity (Wildman–Crippen MR) is 97.3 cm³/mol. The van der Waals surface area contributed by atoms with Crippen molar-refractivity contribution in [1.82, 2.24) is 5.32 Å². The topological polar surface area (TPSA) is 56.8 Å². The highest BCUT2D eigenvalue weighted by Gasteiger charge is 2.19. The van der Waals surface area contributed by atoms with Crippen LogP contribution in [-0.4, -0.2) is 26.2 Å². The number of nitrogens with one attached hydrogen (secondary N) is 1. The molecule has 0 radical (unpaired) electrons. The quantitative estimate of drug-likeness (QED) is 0.793. The Balaban J connectivity index is 1.97. The van der Waals surface area contributed by atoms with Crippen LogP contribution in [-0.2, 0) is 4.79 Å². The summed E-state index contributed by atoms with van der Waals surface area (Å²) in [5, 5.41) is 3.03. The van der Waals surface area contributed by atoms with Crippen molar-refractivity contribution in [2.75, 3.05) is 14.2 Å². The van der Waals surface area contributed by atoms with Gasteiger partial charge in [-0.15, -0.1) is 0 Å². The van der Waals surface area contributed by atoms with Gasteiger partial charge in [-0.2, -0.15) is 0 Å². The molecule has 2 atom stereocenters. The minimum atomic E-state index is -0.597. The van der Waals surface area contributed by atoms with E-state index in [1.165, 1.54) is 0 Å². The van der Waals surface area contributed by atoms with E-state index in [0.717, 1.165) is 23.5 Å².